The van der Waals surface area contributed by atoms with E-state index in [0.29, 0.717) is 17.1 Å². The minimum atomic E-state index is -0.547. The van der Waals surface area contributed by atoms with Crippen LogP contribution in [0, 0.1) is 0 Å². The molecule has 1 saturated heterocycles. The number of benzene rings is 1. The lowest BCUT2D eigenvalue weighted by molar-refractivity contribution is -0.135. The molecule has 1 heterocycles. The molecule has 0 aliphatic carbocycles. The Morgan fingerprint density at radius 3 is 2.67 bits per heavy atom. The van der Waals surface area contributed by atoms with Crippen LogP contribution in [0.1, 0.15) is 24.2 Å². The Balaban J connectivity index is 1.96. The molecule has 5 nitrogen and oxygen atoms in total. The highest BCUT2D eigenvalue weighted by Gasteiger charge is 2.27. The smallest absolute Gasteiger partial charge is 0.251 e. The molecule has 2 atom stereocenters. The number of carbonyl (C=O) groups excluding carboxylic acids is 2. The maximum atomic E-state index is 12.4. The molecule has 0 spiro atoms. The minimum Gasteiger partial charge on any atom is -0.341 e. The van der Waals surface area contributed by atoms with Crippen molar-refractivity contribution in [1.82, 2.24) is 15.5 Å². The number of nitrogens with one attached hydrogen (secondary N) is 2. The molecule has 2 unspecified atom stereocenters. The highest BCUT2D eigenvalue weighted by Crippen LogP contribution is 2.10. The summed E-state index contributed by atoms with van der Waals surface area (Å²) in [6.07, 6.45) is 0. The highest BCUT2D eigenvalue weighted by atomic mass is 35.5. The van der Waals surface area contributed by atoms with Gasteiger partial charge in [-0.25, -0.2) is 0 Å². The SMILES string of the molecule is CC(NC(=O)c1ccc(Cl)cc1)C(=O)N1CCNCC1C. The van der Waals surface area contributed by atoms with E-state index in [1.54, 1.807) is 31.2 Å². The molecule has 21 heavy (non-hydrogen) atoms. The van der Waals surface area contributed by atoms with Crippen molar-refractivity contribution in [1.29, 1.82) is 0 Å². The van der Waals surface area contributed by atoms with Gasteiger partial charge in [-0.2, -0.15) is 0 Å². The van der Waals surface area contributed by atoms with Crippen LogP contribution in [0.4, 0.5) is 0 Å². The minimum absolute atomic E-state index is 0.0497. The van der Waals surface area contributed by atoms with Gasteiger partial charge in [0.15, 0.2) is 0 Å². The Morgan fingerprint density at radius 2 is 2.05 bits per heavy atom. The van der Waals surface area contributed by atoms with E-state index in [1.165, 1.54) is 0 Å². The zero-order valence-electron chi connectivity index (χ0n) is 12.2. The van der Waals surface area contributed by atoms with Gasteiger partial charge < -0.3 is 15.5 Å². The molecule has 1 aliphatic heterocycles. The van der Waals surface area contributed by atoms with Gasteiger partial charge in [0.25, 0.3) is 5.91 Å². The standard InChI is InChI=1S/C15H20ClN3O2/c1-10-9-17-7-8-19(10)15(21)11(2)18-14(20)12-3-5-13(16)6-4-12/h3-6,10-11,17H,7-9H2,1-2H3,(H,18,20). The average molecular weight is 310 g/mol. The predicted octanol–water partition coefficient (Wildman–Crippen LogP) is 1.28. The van der Waals surface area contributed by atoms with E-state index in [1.807, 2.05) is 11.8 Å². The van der Waals surface area contributed by atoms with Gasteiger partial charge in [0.1, 0.15) is 6.04 Å². The number of nitrogens with zero attached hydrogens (tertiary/aromatic N) is 1. The Morgan fingerprint density at radius 1 is 1.38 bits per heavy atom. The molecule has 1 aliphatic rings. The summed E-state index contributed by atoms with van der Waals surface area (Å²) in [4.78, 5) is 26.3. The molecule has 1 aromatic carbocycles. The second-order valence-corrected chi connectivity index (χ2v) is 5.72. The lowest BCUT2D eigenvalue weighted by Crippen LogP contribution is -2.57. The normalized spacial score (nSPS) is 20.0. The molecule has 2 rings (SSSR count). The van der Waals surface area contributed by atoms with Crippen LogP contribution in [0.25, 0.3) is 0 Å². The van der Waals surface area contributed by atoms with Gasteiger partial charge in [-0.1, -0.05) is 11.6 Å². The fourth-order valence-corrected chi connectivity index (χ4v) is 2.49. The van der Waals surface area contributed by atoms with Crippen LogP contribution in [0.5, 0.6) is 0 Å². The van der Waals surface area contributed by atoms with Gasteiger partial charge in [-0.05, 0) is 38.1 Å². The van der Waals surface area contributed by atoms with Crippen molar-refractivity contribution in [3.8, 4) is 0 Å². The first kappa shape index (κ1) is 15.8. The van der Waals surface area contributed by atoms with Crippen LogP contribution in [0.15, 0.2) is 24.3 Å². The van der Waals surface area contributed by atoms with Crippen LogP contribution in [0.3, 0.4) is 0 Å². The van der Waals surface area contributed by atoms with Crippen molar-refractivity contribution >= 4 is 23.4 Å². The van der Waals surface area contributed by atoms with Crippen LogP contribution >= 0.6 is 11.6 Å². The van der Waals surface area contributed by atoms with Gasteiger partial charge in [0, 0.05) is 36.3 Å². The summed E-state index contributed by atoms with van der Waals surface area (Å²) in [6.45, 7) is 5.95. The Hall–Kier alpha value is -1.59. The third kappa shape index (κ3) is 3.95. The van der Waals surface area contributed by atoms with Crippen molar-refractivity contribution in [2.24, 2.45) is 0 Å². The van der Waals surface area contributed by atoms with Gasteiger partial charge in [-0.15, -0.1) is 0 Å². The average Bonchev–Trinajstić information content (AvgIpc) is 2.47. The number of rotatable bonds is 3. The van der Waals surface area contributed by atoms with E-state index in [0.717, 1.165) is 13.1 Å². The van der Waals surface area contributed by atoms with Gasteiger partial charge >= 0.3 is 0 Å². The van der Waals surface area contributed by atoms with Gasteiger partial charge in [-0.3, -0.25) is 9.59 Å². The highest BCUT2D eigenvalue weighted by molar-refractivity contribution is 6.30. The summed E-state index contributed by atoms with van der Waals surface area (Å²) in [5, 5.41) is 6.55. The van der Waals surface area contributed by atoms with Crippen molar-refractivity contribution in [2.45, 2.75) is 25.9 Å². The largest absolute Gasteiger partial charge is 0.341 e. The van der Waals surface area contributed by atoms with Gasteiger partial charge in [0.05, 0.1) is 0 Å². The first-order valence-electron chi connectivity index (χ1n) is 7.06. The van der Waals surface area contributed by atoms with Crippen molar-refractivity contribution in [3.63, 3.8) is 0 Å². The molecule has 2 amide bonds. The van der Waals surface area contributed by atoms with E-state index in [-0.39, 0.29) is 17.9 Å². The molecule has 0 saturated carbocycles. The molecule has 2 N–H and O–H groups in total. The zero-order chi connectivity index (χ0) is 15.4. The summed E-state index contributed by atoms with van der Waals surface area (Å²) < 4.78 is 0. The molecular weight excluding hydrogens is 290 g/mol. The Kier molecular flexibility index (Phi) is 5.20. The first-order valence-corrected chi connectivity index (χ1v) is 7.44. The second kappa shape index (κ2) is 6.91. The van der Waals surface area contributed by atoms with E-state index in [2.05, 4.69) is 10.6 Å². The Labute approximate surface area is 129 Å². The molecule has 6 heteroatoms. The van der Waals surface area contributed by atoms with Crippen LogP contribution in [-0.2, 0) is 4.79 Å². The summed E-state index contributed by atoms with van der Waals surface area (Å²) in [7, 11) is 0. The third-order valence-electron chi connectivity index (χ3n) is 3.61. The fraction of sp³-hybridized carbons (Fsp3) is 0.467. The lowest BCUT2D eigenvalue weighted by Gasteiger charge is -2.35. The summed E-state index contributed by atoms with van der Waals surface area (Å²) >= 11 is 5.79. The molecule has 114 valence electrons. The molecule has 1 fully saturated rings. The fourth-order valence-electron chi connectivity index (χ4n) is 2.36. The second-order valence-electron chi connectivity index (χ2n) is 5.29. The Bertz CT molecular complexity index is 518. The van der Waals surface area contributed by atoms with Crippen LogP contribution < -0.4 is 10.6 Å². The summed E-state index contributed by atoms with van der Waals surface area (Å²) in [5.41, 5.74) is 0.493. The van der Waals surface area contributed by atoms with Crippen LogP contribution in [0.2, 0.25) is 5.02 Å². The molecule has 1 aromatic rings. The maximum absolute atomic E-state index is 12.4. The summed E-state index contributed by atoms with van der Waals surface area (Å²) in [5.74, 6) is -0.318. The maximum Gasteiger partial charge on any atom is 0.251 e. The number of halogens is 1. The molecule has 0 aromatic heterocycles. The van der Waals surface area contributed by atoms with Crippen LogP contribution in [-0.4, -0.2) is 48.4 Å². The van der Waals surface area contributed by atoms with E-state index in [4.69, 9.17) is 11.6 Å². The number of amides is 2. The quantitative estimate of drug-likeness (QED) is 0.884. The van der Waals surface area contributed by atoms with Crippen molar-refractivity contribution < 1.29 is 9.59 Å². The van der Waals surface area contributed by atoms with E-state index >= 15 is 0 Å². The monoisotopic (exact) mass is 309 g/mol. The number of hydrogen-bond donors (Lipinski definition) is 2. The van der Waals surface area contributed by atoms with E-state index in [9.17, 15) is 9.59 Å². The number of hydrogen-bond acceptors (Lipinski definition) is 3. The number of piperazine rings is 1. The summed E-state index contributed by atoms with van der Waals surface area (Å²) in [6, 6.07) is 6.18. The molecular formula is C15H20ClN3O2. The first-order chi connectivity index (χ1) is 9.99. The third-order valence-corrected chi connectivity index (χ3v) is 3.86. The predicted molar refractivity (Wildman–Crippen MR) is 82.4 cm³/mol. The molecule has 0 bridgehead atoms. The topological polar surface area (TPSA) is 61.4 Å². The zero-order valence-corrected chi connectivity index (χ0v) is 13.0. The molecule has 0 radical (unpaired) electrons. The lowest BCUT2D eigenvalue weighted by atomic mass is 10.1. The van der Waals surface area contributed by atoms with Gasteiger partial charge in [0.2, 0.25) is 5.91 Å². The van der Waals surface area contributed by atoms with E-state index < -0.39 is 6.04 Å². The van der Waals surface area contributed by atoms with Crippen molar-refractivity contribution in [2.75, 3.05) is 19.6 Å². The number of carbonyl (C=O) groups is 2. The van der Waals surface area contributed by atoms with Crippen molar-refractivity contribution in [3.05, 3.63) is 34.9 Å².